The Morgan fingerprint density at radius 1 is 1.43 bits per heavy atom. The monoisotopic (exact) mass is 292 g/mol. The van der Waals surface area contributed by atoms with Crippen LogP contribution in [0.3, 0.4) is 0 Å². The molecule has 21 heavy (non-hydrogen) atoms. The molecule has 1 saturated heterocycles. The zero-order chi connectivity index (χ0) is 14.9. The van der Waals surface area contributed by atoms with E-state index in [0.29, 0.717) is 19.8 Å². The van der Waals surface area contributed by atoms with Gasteiger partial charge in [-0.05, 0) is 12.5 Å². The van der Waals surface area contributed by atoms with Gasteiger partial charge in [0.15, 0.2) is 0 Å². The Hall–Kier alpha value is -1.43. The normalized spacial score (nSPS) is 19.4. The van der Waals surface area contributed by atoms with E-state index in [1.54, 1.807) is 0 Å². The first kappa shape index (κ1) is 15.9. The highest BCUT2D eigenvalue weighted by atomic mass is 16.5. The Labute approximate surface area is 126 Å². The number of benzene rings is 1. The fourth-order valence-corrected chi connectivity index (χ4v) is 2.36. The quantitative estimate of drug-likeness (QED) is 0.816. The molecule has 1 unspecified atom stereocenters. The fraction of sp³-hybridized carbons (Fsp3) is 0.562. The zero-order valence-corrected chi connectivity index (χ0v) is 12.6. The fourth-order valence-electron chi connectivity index (χ4n) is 2.36. The molecule has 0 aliphatic carbocycles. The van der Waals surface area contributed by atoms with Crippen molar-refractivity contribution in [1.82, 2.24) is 10.2 Å². The van der Waals surface area contributed by atoms with Gasteiger partial charge in [0.2, 0.25) is 5.91 Å². The lowest BCUT2D eigenvalue weighted by Gasteiger charge is -2.33. The molecule has 1 aliphatic rings. The van der Waals surface area contributed by atoms with Gasteiger partial charge in [-0.3, -0.25) is 9.69 Å². The summed E-state index contributed by atoms with van der Waals surface area (Å²) in [5.41, 5.74) is 1.30. The maximum Gasteiger partial charge on any atom is 0.246 e. The van der Waals surface area contributed by atoms with E-state index in [2.05, 4.69) is 34.5 Å². The molecule has 0 bridgehead atoms. The van der Waals surface area contributed by atoms with Crippen molar-refractivity contribution in [2.24, 2.45) is 0 Å². The molecule has 1 aliphatic heterocycles. The van der Waals surface area contributed by atoms with Gasteiger partial charge in [0.1, 0.15) is 6.61 Å². The van der Waals surface area contributed by atoms with Gasteiger partial charge in [-0.2, -0.15) is 0 Å². The molecule has 1 aromatic rings. The Balaban J connectivity index is 1.72. The second-order valence-corrected chi connectivity index (χ2v) is 5.15. The van der Waals surface area contributed by atoms with Crippen LogP contribution in [0.15, 0.2) is 30.3 Å². The van der Waals surface area contributed by atoms with Crippen molar-refractivity contribution < 1.29 is 14.3 Å². The van der Waals surface area contributed by atoms with Crippen molar-refractivity contribution in [1.29, 1.82) is 0 Å². The second kappa shape index (κ2) is 8.77. The molecule has 1 heterocycles. The average Bonchev–Trinajstić information content (AvgIpc) is 2.52. The summed E-state index contributed by atoms with van der Waals surface area (Å²) >= 11 is 0. The number of carbonyl (C=O) groups excluding carboxylic acids is 1. The van der Waals surface area contributed by atoms with Gasteiger partial charge in [-0.25, -0.2) is 0 Å². The average molecular weight is 292 g/mol. The largest absolute Gasteiger partial charge is 0.374 e. The molecule has 0 spiro atoms. The van der Waals surface area contributed by atoms with Gasteiger partial charge in [0.05, 0.1) is 12.7 Å². The van der Waals surface area contributed by atoms with Crippen LogP contribution >= 0.6 is 0 Å². The van der Waals surface area contributed by atoms with Gasteiger partial charge < -0.3 is 14.8 Å². The molecule has 0 aromatic heterocycles. The molecular weight excluding hydrogens is 268 g/mol. The maximum atomic E-state index is 11.5. The lowest BCUT2D eigenvalue weighted by molar-refractivity contribution is -0.126. The van der Waals surface area contributed by atoms with E-state index in [1.165, 1.54) is 5.56 Å². The summed E-state index contributed by atoms with van der Waals surface area (Å²) in [6.45, 7) is 6.49. The number of nitrogens with zero attached hydrogens (tertiary/aromatic N) is 1. The van der Waals surface area contributed by atoms with Gasteiger partial charge in [-0.15, -0.1) is 0 Å². The molecule has 0 saturated carbocycles. The van der Waals surface area contributed by atoms with Crippen LogP contribution in [0.1, 0.15) is 12.5 Å². The van der Waals surface area contributed by atoms with Crippen LogP contribution in [-0.2, 0) is 20.8 Å². The van der Waals surface area contributed by atoms with Gasteiger partial charge >= 0.3 is 0 Å². The molecule has 1 fully saturated rings. The molecule has 1 atom stereocenters. The Morgan fingerprint density at radius 2 is 2.24 bits per heavy atom. The SMILES string of the molecule is CCOCC(=O)NCC1CN(Cc2ccccc2)CCO1. The lowest BCUT2D eigenvalue weighted by atomic mass is 10.2. The lowest BCUT2D eigenvalue weighted by Crippen LogP contribution is -2.47. The molecule has 2 rings (SSSR count). The van der Waals surface area contributed by atoms with Crippen LogP contribution in [0.4, 0.5) is 0 Å². The molecule has 5 heteroatoms. The highest BCUT2D eigenvalue weighted by Gasteiger charge is 2.20. The van der Waals surface area contributed by atoms with E-state index < -0.39 is 0 Å². The summed E-state index contributed by atoms with van der Waals surface area (Å²) in [6.07, 6.45) is 0.0491. The van der Waals surface area contributed by atoms with E-state index in [1.807, 2.05) is 13.0 Å². The topological polar surface area (TPSA) is 50.8 Å². The Morgan fingerprint density at radius 3 is 3.00 bits per heavy atom. The third-order valence-electron chi connectivity index (χ3n) is 3.44. The first-order valence-corrected chi connectivity index (χ1v) is 7.50. The highest BCUT2D eigenvalue weighted by molar-refractivity contribution is 5.77. The van der Waals surface area contributed by atoms with Gasteiger partial charge in [-0.1, -0.05) is 30.3 Å². The number of morpholine rings is 1. The minimum absolute atomic E-state index is 0.0491. The van der Waals surface area contributed by atoms with E-state index in [4.69, 9.17) is 9.47 Å². The van der Waals surface area contributed by atoms with Crippen molar-refractivity contribution in [3.63, 3.8) is 0 Å². The Kier molecular flexibility index (Phi) is 6.66. The molecule has 116 valence electrons. The number of amides is 1. The van der Waals surface area contributed by atoms with Crippen LogP contribution in [0, 0.1) is 0 Å². The predicted molar refractivity (Wildman–Crippen MR) is 81.0 cm³/mol. The molecular formula is C16H24N2O3. The van der Waals surface area contributed by atoms with Crippen LogP contribution in [0.5, 0.6) is 0 Å². The van der Waals surface area contributed by atoms with Crippen LogP contribution < -0.4 is 5.32 Å². The van der Waals surface area contributed by atoms with Crippen molar-refractivity contribution in [3.8, 4) is 0 Å². The van der Waals surface area contributed by atoms with E-state index >= 15 is 0 Å². The summed E-state index contributed by atoms with van der Waals surface area (Å²) in [6, 6.07) is 10.4. The second-order valence-electron chi connectivity index (χ2n) is 5.15. The molecule has 1 amide bonds. The van der Waals surface area contributed by atoms with Crippen LogP contribution in [0.2, 0.25) is 0 Å². The number of rotatable bonds is 7. The number of nitrogens with one attached hydrogen (secondary N) is 1. The first-order valence-electron chi connectivity index (χ1n) is 7.50. The van der Waals surface area contributed by atoms with E-state index in [0.717, 1.165) is 19.6 Å². The van der Waals surface area contributed by atoms with Crippen molar-refractivity contribution in [3.05, 3.63) is 35.9 Å². The van der Waals surface area contributed by atoms with Crippen LogP contribution in [-0.4, -0.2) is 56.4 Å². The summed E-state index contributed by atoms with van der Waals surface area (Å²) < 4.78 is 10.8. The van der Waals surface area contributed by atoms with E-state index in [9.17, 15) is 4.79 Å². The third-order valence-corrected chi connectivity index (χ3v) is 3.44. The zero-order valence-electron chi connectivity index (χ0n) is 12.6. The van der Waals surface area contributed by atoms with E-state index in [-0.39, 0.29) is 18.6 Å². The summed E-state index contributed by atoms with van der Waals surface area (Å²) in [4.78, 5) is 13.9. The first-order chi connectivity index (χ1) is 10.3. The van der Waals surface area contributed by atoms with Crippen molar-refractivity contribution in [2.75, 3.05) is 39.5 Å². The third kappa shape index (κ3) is 5.83. The van der Waals surface area contributed by atoms with Crippen molar-refractivity contribution in [2.45, 2.75) is 19.6 Å². The van der Waals surface area contributed by atoms with Gasteiger partial charge in [0, 0.05) is 32.8 Å². The van der Waals surface area contributed by atoms with Gasteiger partial charge in [0.25, 0.3) is 0 Å². The molecule has 1 aromatic carbocycles. The number of hydrogen-bond acceptors (Lipinski definition) is 4. The molecule has 1 N–H and O–H groups in total. The molecule has 5 nitrogen and oxygen atoms in total. The molecule has 0 radical (unpaired) electrons. The Bertz CT molecular complexity index is 425. The summed E-state index contributed by atoms with van der Waals surface area (Å²) in [5, 5.41) is 2.86. The number of ether oxygens (including phenoxy) is 2. The summed E-state index contributed by atoms with van der Waals surface area (Å²) in [5.74, 6) is -0.0827. The van der Waals surface area contributed by atoms with Crippen LogP contribution in [0.25, 0.3) is 0 Å². The minimum atomic E-state index is -0.0827. The standard InChI is InChI=1S/C16H24N2O3/c1-2-20-13-16(19)17-10-15-12-18(8-9-21-15)11-14-6-4-3-5-7-14/h3-7,15H,2,8-13H2,1H3,(H,17,19). The predicted octanol–water partition coefficient (Wildman–Crippen LogP) is 1.04. The highest BCUT2D eigenvalue weighted by Crippen LogP contribution is 2.10. The minimum Gasteiger partial charge on any atom is -0.374 e. The smallest absolute Gasteiger partial charge is 0.246 e. The maximum absolute atomic E-state index is 11.5. The number of hydrogen-bond donors (Lipinski definition) is 1. The summed E-state index contributed by atoms with van der Waals surface area (Å²) in [7, 11) is 0. The number of carbonyl (C=O) groups is 1. The van der Waals surface area contributed by atoms with Crippen molar-refractivity contribution >= 4 is 5.91 Å².